The quantitative estimate of drug-likeness (QED) is 0.823. The minimum atomic E-state index is -3.73. The second-order valence-corrected chi connectivity index (χ2v) is 6.70. The molecule has 1 aromatic heterocycles. The van der Waals surface area contributed by atoms with Crippen LogP contribution in [0.15, 0.2) is 30.4 Å². The first-order valence-electron chi connectivity index (χ1n) is 15.4. The largest absolute Gasteiger partial charge is 0.343 e. The molecule has 0 radical (unpaired) electrons. The molecule has 142 valence electrons. The van der Waals surface area contributed by atoms with Crippen LogP contribution in [0.3, 0.4) is 0 Å². The van der Waals surface area contributed by atoms with Gasteiger partial charge in [0.05, 0.1) is 16.9 Å². The lowest BCUT2D eigenvalue weighted by Gasteiger charge is -2.40. The van der Waals surface area contributed by atoms with Crippen LogP contribution in [0.4, 0.5) is 0 Å². The molecule has 5 nitrogen and oxygen atoms in total. The van der Waals surface area contributed by atoms with E-state index in [1.165, 1.54) is 13.0 Å². The monoisotopic (exact) mass is 379 g/mol. The van der Waals surface area contributed by atoms with Crippen molar-refractivity contribution < 1.29 is 28.8 Å². The first-order valence-corrected chi connectivity index (χ1v) is 8.39. The predicted molar refractivity (Wildman–Crippen MR) is 108 cm³/mol. The van der Waals surface area contributed by atoms with Gasteiger partial charge in [-0.05, 0) is 49.9 Å². The number of rotatable bonds is 3. The van der Waals surface area contributed by atoms with Crippen LogP contribution in [0.25, 0.3) is 16.5 Å². The van der Waals surface area contributed by atoms with E-state index in [0.29, 0.717) is 5.56 Å². The predicted octanol–water partition coefficient (Wildman–Crippen LogP) is 3.04. The van der Waals surface area contributed by atoms with Gasteiger partial charge in [-0.25, -0.2) is 0 Å². The zero-order valence-electron chi connectivity index (χ0n) is 28.8. The van der Waals surface area contributed by atoms with Crippen LogP contribution in [0.5, 0.6) is 0 Å². The van der Waals surface area contributed by atoms with E-state index in [2.05, 4.69) is 0 Å². The Kier molecular flexibility index (Phi) is 1.95. The van der Waals surface area contributed by atoms with Crippen LogP contribution in [-0.2, 0) is 11.2 Å². The molecule has 1 aliphatic heterocycles. The van der Waals surface area contributed by atoms with E-state index < -0.39 is 68.6 Å². The number of likely N-dealkylation sites (N-methyl/N-ethyl adjacent to an activating group) is 1. The maximum absolute atomic E-state index is 13.8. The lowest BCUT2D eigenvalue weighted by Crippen LogP contribution is -2.47. The Balaban J connectivity index is 2.00. The molecular formula is C22H27N3O2. The van der Waals surface area contributed by atoms with Gasteiger partial charge in [0.25, 0.3) is 0 Å². The standard InChI is InChI=1S/C22H27N3O2/c1-5-24(6-2)22(27)16-10-18-17-8-7-9-19-21(17)15(13-25(19)14(3)26)11-20(18)23(4)12-16/h7-10,13,16,20H,5-6,11-12H2,1-4H3/t16-,20-/m1/s1/i1D3,2D3,5D2,6D2,7D,8D,9D,13D. The van der Waals surface area contributed by atoms with Gasteiger partial charge in [-0.15, -0.1) is 0 Å². The van der Waals surface area contributed by atoms with E-state index >= 15 is 0 Å². The summed E-state index contributed by atoms with van der Waals surface area (Å²) in [6.07, 6.45) is 1.18. The normalized spacial score (nSPS) is 31.3. The average Bonchev–Trinajstić information content (AvgIpc) is 3.11. The van der Waals surface area contributed by atoms with Crippen molar-refractivity contribution in [1.29, 1.82) is 0 Å². The van der Waals surface area contributed by atoms with Gasteiger partial charge in [-0.3, -0.25) is 19.1 Å². The summed E-state index contributed by atoms with van der Waals surface area (Å²) in [6, 6.07) is -2.03. The fraction of sp³-hybridized carbons (Fsp3) is 0.455. The number of benzene rings is 1. The van der Waals surface area contributed by atoms with Crippen molar-refractivity contribution in [3.63, 3.8) is 0 Å². The molecule has 1 amide bonds. The molecule has 1 aliphatic carbocycles. The minimum absolute atomic E-state index is 0.0527. The van der Waals surface area contributed by atoms with Crippen LogP contribution in [0, 0.1) is 5.92 Å². The van der Waals surface area contributed by atoms with E-state index in [9.17, 15) is 9.59 Å². The van der Waals surface area contributed by atoms with Crippen molar-refractivity contribution in [2.45, 2.75) is 33.1 Å². The highest BCUT2D eigenvalue weighted by atomic mass is 16.2. The molecule has 0 bridgehead atoms. The third-order valence-electron chi connectivity index (χ3n) is 5.15. The molecule has 4 rings (SSSR count). The molecule has 0 saturated carbocycles. The fourth-order valence-corrected chi connectivity index (χ4v) is 3.92. The van der Waals surface area contributed by atoms with Crippen molar-refractivity contribution in [3.8, 4) is 0 Å². The highest BCUT2D eigenvalue weighted by Crippen LogP contribution is 2.41. The van der Waals surface area contributed by atoms with Crippen LogP contribution in [0.1, 0.15) is 55.7 Å². The molecular weight excluding hydrogens is 338 g/mol. The Morgan fingerprint density at radius 2 is 2.15 bits per heavy atom. The average molecular weight is 380 g/mol. The number of amides is 1. The number of aromatic nitrogens is 1. The van der Waals surface area contributed by atoms with Crippen molar-refractivity contribution in [1.82, 2.24) is 14.4 Å². The molecule has 0 unspecified atom stereocenters. The first-order chi connectivity index (χ1) is 18.5. The molecule has 5 heteroatoms. The zero-order chi connectivity index (χ0) is 31.4. The van der Waals surface area contributed by atoms with Gasteiger partial charge in [0.2, 0.25) is 11.8 Å². The maximum atomic E-state index is 13.8. The molecule has 2 aliphatic rings. The molecule has 2 aromatic rings. The molecule has 2 heterocycles. The van der Waals surface area contributed by atoms with Gasteiger partial charge in [-0.2, -0.15) is 0 Å². The number of hydrogen-bond donors (Lipinski definition) is 0. The van der Waals surface area contributed by atoms with Gasteiger partial charge in [0, 0.05) is 57.8 Å². The Hall–Kier alpha value is -2.40. The fourth-order valence-electron chi connectivity index (χ4n) is 3.92. The topological polar surface area (TPSA) is 45.6 Å². The summed E-state index contributed by atoms with van der Waals surface area (Å²) in [4.78, 5) is 27.5. The molecule has 1 aromatic carbocycles. The van der Waals surface area contributed by atoms with Gasteiger partial charge in [0.1, 0.15) is 0 Å². The zero-order valence-corrected chi connectivity index (χ0v) is 14.8. The summed E-state index contributed by atoms with van der Waals surface area (Å²) >= 11 is 0. The third kappa shape index (κ3) is 2.72. The Morgan fingerprint density at radius 3 is 2.85 bits per heavy atom. The summed E-state index contributed by atoms with van der Waals surface area (Å²) in [7, 11) is 1.55. The second-order valence-electron chi connectivity index (χ2n) is 6.70. The van der Waals surface area contributed by atoms with Crippen molar-refractivity contribution in [2.24, 2.45) is 5.92 Å². The number of nitrogens with zero attached hydrogens (tertiary/aromatic N) is 3. The van der Waals surface area contributed by atoms with E-state index in [1.54, 1.807) is 11.9 Å². The third-order valence-corrected chi connectivity index (χ3v) is 5.15. The summed E-state index contributed by atoms with van der Waals surface area (Å²) in [5, 5.41) is 0.202. The summed E-state index contributed by atoms with van der Waals surface area (Å²) in [6.45, 7) is -13.7. The van der Waals surface area contributed by atoms with Gasteiger partial charge >= 0.3 is 0 Å². The number of hydrogen-bond acceptors (Lipinski definition) is 3. The van der Waals surface area contributed by atoms with E-state index in [-0.39, 0.29) is 46.1 Å². The molecule has 27 heavy (non-hydrogen) atoms. The van der Waals surface area contributed by atoms with Crippen LogP contribution in [-0.4, -0.2) is 58.8 Å². The van der Waals surface area contributed by atoms with Gasteiger partial charge in [-0.1, -0.05) is 18.2 Å². The van der Waals surface area contributed by atoms with Crippen molar-refractivity contribution in [3.05, 3.63) is 41.5 Å². The lowest BCUT2D eigenvalue weighted by atomic mass is 9.79. The summed E-state index contributed by atoms with van der Waals surface area (Å²) in [5.74, 6) is -3.52. The summed E-state index contributed by atoms with van der Waals surface area (Å²) < 4.78 is 113. The maximum Gasteiger partial charge on any atom is 0.230 e. The Labute approximate surface area is 179 Å². The van der Waals surface area contributed by atoms with Gasteiger partial charge < -0.3 is 4.90 Å². The first kappa shape index (κ1) is 7.92. The molecule has 0 saturated heterocycles. The highest BCUT2D eigenvalue weighted by Gasteiger charge is 2.37. The van der Waals surface area contributed by atoms with E-state index in [4.69, 9.17) is 19.2 Å². The van der Waals surface area contributed by atoms with Crippen molar-refractivity contribution >= 4 is 28.3 Å². The van der Waals surface area contributed by atoms with Crippen LogP contribution < -0.4 is 0 Å². The van der Waals surface area contributed by atoms with E-state index in [0.717, 1.165) is 4.57 Å². The Bertz CT molecular complexity index is 1480. The summed E-state index contributed by atoms with van der Waals surface area (Å²) in [5.41, 5.74) is 0.611. The SMILES string of the molecule is [2H]c1c([2H])c([2H])c2c3c(c([2H])n2C(C)=O)C[C@@H]2C(=C[C@@H](C(=O)N(C([2H])([2H])C([2H])([2H])[2H])C([2H])([2H])C([2H])([2H])[2H])CN2C)c13. The van der Waals surface area contributed by atoms with E-state index in [1.807, 2.05) is 0 Å². The second kappa shape index (κ2) is 6.64. The molecule has 2 atom stereocenters. The molecule has 0 fully saturated rings. The van der Waals surface area contributed by atoms with Crippen molar-refractivity contribution in [2.75, 3.05) is 26.6 Å². The van der Waals surface area contributed by atoms with Crippen LogP contribution >= 0.6 is 0 Å². The minimum Gasteiger partial charge on any atom is -0.343 e. The molecule has 0 N–H and O–H groups in total. The number of carbonyl (C=O) groups is 2. The smallest absolute Gasteiger partial charge is 0.230 e. The lowest BCUT2D eigenvalue weighted by molar-refractivity contribution is -0.134. The molecule has 0 spiro atoms. The highest BCUT2D eigenvalue weighted by molar-refractivity contribution is 6.03. The Morgan fingerprint density at radius 1 is 1.37 bits per heavy atom. The van der Waals surface area contributed by atoms with Crippen LogP contribution in [0.2, 0.25) is 0 Å². The van der Waals surface area contributed by atoms with Gasteiger partial charge in [0.15, 0.2) is 0 Å². The number of carbonyl (C=O) groups excluding carboxylic acids is 2. The number of fused-ring (bicyclic) bond motifs is 2.